The third kappa shape index (κ3) is 3.74. The quantitative estimate of drug-likeness (QED) is 0.842. The number of aliphatic hydroxyl groups excluding tert-OH is 1. The van der Waals surface area contributed by atoms with Crippen molar-refractivity contribution in [3.63, 3.8) is 0 Å². The van der Waals surface area contributed by atoms with Gasteiger partial charge in [0.05, 0.1) is 6.61 Å². The van der Waals surface area contributed by atoms with E-state index in [9.17, 15) is 4.79 Å². The minimum Gasteiger partial charge on any atom is -0.456 e. The Kier molecular flexibility index (Phi) is 4.59. The van der Waals surface area contributed by atoms with Gasteiger partial charge in [0.15, 0.2) is 5.76 Å². The SMILES string of the molecule is Cc1ccc(C(=O)Nc2cccc(C#CCCO)c2)o1. The number of hydrogen-bond acceptors (Lipinski definition) is 3. The second-order valence-electron chi connectivity index (χ2n) is 4.22. The van der Waals surface area contributed by atoms with E-state index >= 15 is 0 Å². The van der Waals surface area contributed by atoms with Gasteiger partial charge in [-0.3, -0.25) is 4.79 Å². The molecule has 0 aliphatic rings. The molecule has 2 rings (SSSR count). The van der Waals surface area contributed by atoms with Gasteiger partial charge in [0.25, 0.3) is 5.91 Å². The molecule has 1 heterocycles. The Hall–Kier alpha value is -2.51. The number of aryl methyl sites for hydroxylation is 1. The van der Waals surface area contributed by atoms with E-state index in [0.29, 0.717) is 17.9 Å². The first-order valence-corrected chi connectivity index (χ1v) is 6.26. The van der Waals surface area contributed by atoms with Crippen molar-refractivity contribution in [2.45, 2.75) is 13.3 Å². The smallest absolute Gasteiger partial charge is 0.291 e. The minimum absolute atomic E-state index is 0.0429. The topological polar surface area (TPSA) is 62.5 Å². The van der Waals surface area contributed by atoms with Crippen molar-refractivity contribution in [3.05, 3.63) is 53.5 Å². The number of nitrogens with one attached hydrogen (secondary N) is 1. The number of rotatable bonds is 3. The van der Waals surface area contributed by atoms with Crippen molar-refractivity contribution in [2.24, 2.45) is 0 Å². The Morgan fingerprint density at radius 2 is 2.20 bits per heavy atom. The van der Waals surface area contributed by atoms with Crippen LogP contribution in [-0.4, -0.2) is 17.6 Å². The van der Waals surface area contributed by atoms with Gasteiger partial charge in [-0.25, -0.2) is 0 Å². The van der Waals surface area contributed by atoms with Gasteiger partial charge in [-0.15, -0.1) is 0 Å². The van der Waals surface area contributed by atoms with Crippen LogP contribution in [0.15, 0.2) is 40.8 Å². The lowest BCUT2D eigenvalue weighted by Crippen LogP contribution is -2.10. The van der Waals surface area contributed by atoms with Gasteiger partial charge in [0.1, 0.15) is 5.76 Å². The maximum Gasteiger partial charge on any atom is 0.291 e. The zero-order chi connectivity index (χ0) is 14.4. The molecule has 1 amide bonds. The summed E-state index contributed by atoms with van der Waals surface area (Å²) in [5.41, 5.74) is 1.44. The number of anilines is 1. The fourth-order valence-electron chi connectivity index (χ4n) is 1.64. The Labute approximate surface area is 117 Å². The number of benzene rings is 1. The molecule has 0 fully saturated rings. The van der Waals surface area contributed by atoms with Crippen LogP contribution in [0.3, 0.4) is 0 Å². The van der Waals surface area contributed by atoms with E-state index in [1.165, 1.54) is 0 Å². The standard InChI is InChI=1S/C16H15NO3/c1-12-8-9-15(20-12)16(19)17-14-7-4-6-13(11-14)5-2-3-10-18/h4,6-9,11,18H,3,10H2,1H3,(H,17,19). The molecular formula is C16H15NO3. The summed E-state index contributed by atoms with van der Waals surface area (Å²) >= 11 is 0. The van der Waals surface area contributed by atoms with Gasteiger partial charge in [-0.1, -0.05) is 17.9 Å². The van der Waals surface area contributed by atoms with E-state index in [-0.39, 0.29) is 18.3 Å². The minimum atomic E-state index is -0.293. The number of carbonyl (C=O) groups is 1. The fourth-order valence-corrected chi connectivity index (χ4v) is 1.64. The van der Waals surface area contributed by atoms with Crippen molar-refractivity contribution >= 4 is 11.6 Å². The molecule has 0 unspecified atom stereocenters. The first kappa shape index (κ1) is 13.9. The average Bonchev–Trinajstić information content (AvgIpc) is 2.86. The van der Waals surface area contributed by atoms with Gasteiger partial charge in [0, 0.05) is 17.7 Å². The lowest BCUT2D eigenvalue weighted by molar-refractivity contribution is 0.0995. The highest BCUT2D eigenvalue weighted by Gasteiger charge is 2.09. The van der Waals surface area contributed by atoms with Crippen LogP contribution in [0.5, 0.6) is 0 Å². The first-order chi connectivity index (χ1) is 9.69. The molecule has 0 bridgehead atoms. The third-order valence-electron chi connectivity index (χ3n) is 2.55. The molecule has 1 aromatic heterocycles. The van der Waals surface area contributed by atoms with Gasteiger partial charge in [0.2, 0.25) is 0 Å². The van der Waals surface area contributed by atoms with Crippen LogP contribution in [0, 0.1) is 18.8 Å². The molecule has 0 aliphatic carbocycles. The van der Waals surface area contributed by atoms with Gasteiger partial charge < -0.3 is 14.8 Å². The molecule has 102 valence electrons. The van der Waals surface area contributed by atoms with Gasteiger partial charge >= 0.3 is 0 Å². The summed E-state index contributed by atoms with van der Waals surface area (Å²) < 4.78 is 5.26. The van der Waals surface area contributed by atoms with Crippen LogP contribution >= 0.6 is 0 Å². The summed E-state index contributed by atoms with van der Waals surface area (Å²) in [7, 11) is 0. The second-order valence-corrected chi connectivity index (χ2v) is 4.22. The summed E-state index contributed by atoms with van der Waals surface area (Å²) in [6, 6.07) is 10.6. The molecule has 0 aliphatic heterocycles. The highest BCUT2D eigenvalue weighted by molar-refractivity contribution is 6.02. The van der Waals surface area contributed by atoms with Crippen molar-refractivity contribution in [1.82, 2.24) is 0 Å². The van der Waals surface area contributed by atoms with E-state index in [1.54, 1.807) is 31.2 Å². The molecule has 4 heteroatoms. The molecule has 0 atom stereocenters. The Morgan fingerprint density at radius 3 is 2.90 bits per heavy atom. The maximum atomic E-state index is 11.9. The number of carbonyl (C=O) groups excluding carboxylic acids is 1. The molecule has 2 N–H and O–H groups in total. The monoisotopic (exact) mass is 269 g/mol. The summed E-state index contributed by atoms with van der Waals surface area (Å²) in [6.07, 6.45) is 0.433. The average molecular weight is 269 g/mol. The first-order valence-electron chi connectivity index (χ1n) is 6.26. The summed E-state index contributed by atoms with van der Waals surface area (Å²) in [5, 5.41) is 11.4. The molecule has 0 saturated carbocycles. The Bertz CT molecular complexity index is 662. The fraction of sp³-hybridized carbons (Fsp3) is 0.188. The van der Waals surface area contributed by atoms with Crippen LogP contribution in [0.25, 0.3) is 0 Å². The number of hydrogen-bond donors (Lipinski definition) is 2. The van der Waals surface area contributed by atoms with Crippen LogP contribution < -0.4 is 5.32 Å². The Balaban J connectivity index is 2.08. The third-order valence-corrected chi connectivity index (χ3v) is 2.55. The predicted molar refractivity (Wildman–Crippen MR) is 76.4 cm³/mol. The van der Waals surface area contributed by atoms with Crippen molar-refractivity contribution in [2.75, 3.05) is 11.9 Å². The second kappa shape index (κ2) is 6.60. The van der Waals surface area contributed by atoms with Crippen LogP contribution in [0.2, 0.25) is 0 Å². The largest absolute Gasteiger partial charge is 0.456 e. The highest BCUT2D eigenvalue weighted by Crippen LogP contribution is 2.13. The van der Waals surface area contributed by atoms with E-state index < -0.39 is 0 Å². The van der Waals surface area contributed by atoms with E-state index in [0.717, 1.165) is 5.56 Å². The molecular weight excluding hydrogens is 254 g/mol. The van der Waals surface area contributed by atoms with E-state index in [1.807, 2.05) is 12.1 Å². The summed E-state index contributed by atoms with van der Waals surface area (Å²) in [4.78, 5) is 11.9. The molecule has 0 radical (unpaired) electrons. The van der Waals surface area contributed by atoms with Crippen LogP contribution in [0.1, 0.15) is 28.3 Å². The zero-order valence-corrected chi connectivity index (χ0v) is 11.1. The molecule has 4 nitrogen and oxygen atoms in total. The number of amides is 1. The van der Waals surface area contributed by atoms with E-state index in [2.05, 4.69) is 17.2 Å². The van der Waals surface area contributed by atoms with Crippen molar-refractivity contribution in [1.29, 1.82) is 0 Å². The number of furan rings is 1. The number of aliphatic hydroxyl groups is 1. The molecule has 20 heavy (non-hydrogen) atoms. The maximum absolute atomic E-state index is 11.9. The predicted octanol–water partition coefficient (Wildman–Crippen LogP) is 2.57. The van der Waals surface area contributed by atoms with Crippen molar-refractivity contribution in [3.8, 4) is 11.8 Å². The van der Waals surface area contributed by atoms with Gasteiger partial charge in [-0.05, 0) is 37.3 Å². The van der Waals surface area contributed by atoms with Crippen LogP contribution in [-0.2, 0) is 0 Å². The van der Waals surface area contributed by atoms with E-state index in [4.69, 9.17) is 9.52 Å². The highest BCUT2D eigenvalue weighted by atomic mass is 16.3. The molecule has 2 aromatic rings. The van der Waals surface area contributed by atoms with Crippen molar-refractivity contribution < 1.29 is 14.3 Å². The van der Waals surface area contributed by atoms with Crippen LogP contribution in [0.4, 0.5) is 5.69 Å². The molecule has 1 aromatic carbocycles. The lowest BCUT2D eigenvalue weighted by Gasteiger charge is -2.03. The normalized spacial score (nSPS) is 9.70. The Morgan fingerprint density at radius 1 is 1.35 bits per heavy atom. The molecule has 0 saturated heterocycles. The zero-order valence-electron chi connectivity index (χ0n) is 11.1. The lowest BCUT2D eigenvalue weighted by atomic mass is 10.2. The summed E-state index contributed by atoms with van der Waals surface area (Å²) in [5.74, 6) is 6.43. The summed E-state index contributed by atoms with van der Waals surface area (Å²) in [6.45, 7) is 1.83. The molecule has 0 spiro atoms. The van der Waals surface area contributed by atoms with Gasteiger partial charge in [-0.2, -0.15) is 0 Å².